The van der Waals surface area contributed by atoms with Crippen molar-refractivity contribution in [3.63, 3.8) is 0 Å². The van der Waals surface area contributed by atoms with Crippen molar-refractivity contribution in [3.05, 3.63) is 59.2 Å². The van der Waals surface area contributed by atoms with Gasteiger partial charge in [-0.1, -0.05) is 50.1 Å². The van der Waals surface area contributed by atoms with Gasteiger partial charge in [0.25, 0.3) is 0 Å². The SMILES string of the molecule is CCC(C(=O)NC1CCCC1)N(Cc1ccccc1C)C(=O)CCc1ccc(OC)c(OC)c1. The van der Waals surface area contributed by atoms with Crippen molar-refractivity contribution in [1.29, 1.82) is 0 Å². The first-order chi connectivity index (χ1) is 16.5. The van der Waals surface area contributed by atoms with Crippen molar-refractivity contribution in [2.24, 2.45) is 0 Å². The summed E-state index contributed by atoms with van der Waals surface area (Å²) in [5, 5.41) is 3.20. The predicted octanol–water partition coefficient (Wildman–Crippen LogP) is 4.81. The van der Waals surface area contributed by atoms with Crippen LogP contribution in [0.15, 0.2) is 42.5 Å². The summed E-state index contributed by atoms with van der Waals surface area (Å²) in [7, 11) is 3.21. The molecular weight excluding hydrogens is 428 g/mol. The van der Waals surface area contributed by atoms with Crippen LogP contribution < -0.4 is 14.8 Å². The summed E-state index contributed by atoms with van der Waals surface area (Å²) in [4.78, 5) is 28.6. The zero-order valence-corrected chi connectivity index (χ0v) is 20.9. The zero-order chi connectivity index (χ0) is 24.5. The van der Waals surface area contributed by atoms with E-state index in [4.69, 9.17) is 9.47 Å². The Balaban J connectivity index is 1.78. The maximum absolute atomic E-state index is 13.5. The predicted molar refractivity (Wildman–Crippen MR) is 134 cm³/mol. The third kappa shape index (κ3) is 6.52. The van der Waals surface area contributed by atoms with Crippen LogP contribution in [0.1, 0.15) is 62.1 Å². The molecule has 1 saturated carbocycles. The van der Waals surface area contributed by atoms with E-state index in [1.165, 1.54) is 0 Å². The Bertz CT molecular complexity index is 969. The fraction of sp³-hybridized carbons (Fsp3) is 0.500. The third-order valence-electron chi connectivity index (χ3n) is 6.76. The Morgan fingerprint density at radius 3 is 2.41 bits per heavy atom. The summed E-state index contributed by atoms with van der Waals surface area (Å²) in [6.07, 6.45) is 5.80. The molecule has 2 aromatic rings. The largest absolute Gasteiger partial charge is 0.493 e. The highest BCUT2D eigenvalue weighted by Gasteiger charge is 2.30. The van der Waals surface area contributed by atoms with Crippen molar-refractivity contribution < 1.29 is 19.1 Å². The first-order valence-electron chi connectivity index (χ1n) is 12.3. The fourth-order valence-corrected chi connectivity index (χ4v) is 4.69. The number of ether oxygens (including phenoxy) is 2. The standard InChI is InChI=1S/C28H38N2O4/c1-5-24(28(32)29-23-12-8-9-13-23)30(19-22-11-7-6-10-20(22)2)27(31)17-15-21-14-16-25(33-3)26(18-21)34-4/h6-7,10-11,14,16,18,23-24H,5,8-9,12-13,15,17,19H2,1-4H3,(H,29,32). The van der Waals surface area contributed by atoms with Gasteiger partial charge in [-0.3, -0.25) is 9.59 Å². The molecule has 1 N–H and O–H groups in total. The number of nitrogens with zero attached hydrogens (tertiary/aromatic N) is 1. The van der Waals surface area contributed by atoms with Crippen LogP contribution in [0.25, 0.3) is 0 Å². The minimum absolute atomic E-state index is 0.0218. The van der Waals surface area contributed by atoms with Crippen molar-refractivity contribution in [2.75, 3.05) is 14.2 Å². The van der Waals surface area contributed by atoms with E-state index >= 15 is 0 Å². The lowest BCUT2D eigenvalue weighted by atomic mass is 10.0. The van der Waals surface area contributed by atoms with Crippen LogP contribution in [0.2, 0.25) is 0 Å². The molecule has 1 atom stereocenters. The molecule has 34 heavy (non-hydrogen) atoms. The van der Waals surface area contributed by atoms with Crippen molar-refractivity contribution >= 4 is 11.8 Å². The second-order valence-electron chi connectivity index (χ2n) is 9.05. The normalized spacial score (nSPS) is 14.5. The number of amides is 2. The zero-order valence-electron chi connectivity index (χ0n) is 20.9. The van der Waals surface area contributed by atoms with Gasteiger partial charge in [0.1, 0.15) is 6.04 Å². The molecular formula is C28H38N2O4. The summed E-state index contributed by atoms with van der Waals surface area (Å²) >= 11 is 0. The van der Waals surface area contributed by atoms with Gasteiger partial charge in [0.15, 0.2) is 11.5 Å². The molecule has 0 spiro atoms. The summed E-state index contributed by atoms with van der Waals surface area (Å²) in [5.41, 5.74) is 3.17. The monoisotopic (exact) mass is 466 g/mol. The highest BCUT2D eigenvalue weighted by molar-refractivity contribution is 5.88. The van der Waals surface area contributed by atoms with E-state index in [1.54, 1.807) is 19.1 Å². The van der Waals surface area contributed by atoms with Gasteiger partial charge in [-0.2, -0.15) is 0 Å². The number of carbonyl (C=O) groups is 2. The van der Waals surface area contributed by atoms with E-state index in [1.807, 2.05) is 56.3 Å². The summed E-state index contributed by atoms with van der Waals surface area (Å²) in [5.74, 6) is 1.24. The number of rotatable bonds is 11. The Hall–Kier alpha value is -3.02. The molecule has 0 radical (unpaired) electrons. The van der Waals surface area contributed by atoms with Gasteiger partial charge in [-0.05, 0) is 61.4 Å². The molecule has 0 aromatic heterocycles. The number of nitrogens with one attached hydrogen (secondary N) is 1. The van der Waals surface area contributed by atoms with Gasteiger partial charge in [0.05, 0.1) is 14.2 Å². The fourth-order valence-electron chi connectivity index (χ4n) is 4.69. The lowest BCUT2D eigenvalue weighted by Gasteiger charge is -2.32. The quantitative estimate of drug-likeness (QED) is 0.516. The maximum Gasteiger partial charge on any atom is 0.243 e. The lowest BCUT2D eigenvalue weighted by molar-refractivity contribution is -0.141. The van der Waals surface area contributed by atoms with Gasteiger partial charge in [-0.15, -0.1) is 0 Å². The molecule has 184 valence electrons. The van der Waals surface area contributed by atoms with Gasteiger partial charge in [-0.25, -0.2) is 0 Å². The van der Waals surface area contributed by atoms with Crippen molar-refractivity contribution in [1.82, 2.24) is 10.2 Å². The highest BCUT2D eigenvalue weighted by Crippen LogP contribution is 2.28. The molecule has 1 unspecified atom stereocenters. The molecule has 6 heteroatoms. The molecule has 0 heterocycles. The van der Waals surface area contributed by atoms with Crippen molar-refractivity contribution in [3.8, 4) is 11.5 Å². The van der Waals surface area contributed by atoms with E-state index in [0.717, 1.165) is 42.4 Å². The van der Waals surface area contributed by atoms with Crippen LogP contribution in [0.4, 0.5) is 0 Å². The highest BCUT2D eigenvalue weighted by atomic mass is 16.5. The number of aryl methyl sites for hydroxylation is 2. The molecule has 0 saturated heterocycles. The van der Waals surface area contributed by atoms with Gasteiger partial charge >= 0.3 is 0 Å². The molecule has 1 aliphatic rings. The molecule has 6 nitrogen and oxygen atoms in total. The first-order valence-corrected chi connectivity index (χ1v) is 12.3. The lowest BCUT2D eigenvalue weighted by Crippen LogP contribution is -2.51. The van der Waals surface area contributed by atoms with E-state index in [0.29, 0.717) is 37.3 Å². The van der Waals surface area contributed by atoms with Gasteiger partial charge < -0.3 is 19.7 Å². The Morgan fingerprint density at radius 1 is 1.06 bits per heavy atom. The molecule has 0 bridgehead atoms. The topological polar surface area (TPSA) is 67.9 Å². The van der Waals surface area contributed by atoms with Crippen molar-refractivity contribution in [2.45, 2.75) is 77.4 Å². The van der Waals surface area contributed by atoms with E-state index in [9.17, 15) is 9.59 Å². The first kappa shape index (κ1) is 25.6. The Kier molecular flexibility index (Phi) is 9.37. The molecule has 2 aromatic carbocycles. The minimum atomic E-state index is -0.488. The van der Waals surface area contributed by atoms with E-state index < -0.39 is 6.04 Å². The third-order valence-corrected chi connectivity index (χ3v) is 6.76. The number of hydrogen-bond donors (Lipinski definition) is 1. The van der Waals surface area contributed by atoms with Crippen LogP contribution in [0.5, 0.6) is 11.5 Å². The second-order valence-corrected chi connectivity index (χ2v) is 9.05. The second kappa shape index (κ2) is 12.4. The average molecular weight is 467 g/mol. The summed E-state index contributed by atoms with van der Waals surface area (Å²) < 4.78 is 10.7. The average Bonchev–Trinajstić information content (AvgIpc) is 3.36. The smallest absolute Gasteiger partial charge is 0.243 e. The van der Waals surface area contributed by atoms with Crippen LogP contribution in [-0.2, 0) is 22.6 Å². The van der Waals surface area contributed by atoms with Crippen LogP contribution in [-0.4, -0.2) is 43.0 Å². The molecule has 2 amide bonds. The molecule has 1 fully saturated rings. The van der Waals surface area contributed by atoms with Crippen LogP contribution >= 0.6 is 0 Å². The number of hydrogen-bond acceptors (Lipinski definition) is 4. The van der Waals surface area contributed by atoms with Gasteiger partial charge in [0.2, 0.25) is 11.8 Å². The van der Waals surface area contributed by atoms with Crippen LogP contribution in [0, 0.1) is 6.92 Å². The van der Waals surface area contributed by atoms with E-state index in [-0.39, 0.29) is 17.9 Å². The Labute approximate surface area is 203 Å². The number of carbonyl (C=O) groups excluding carboxylic acids is 2. The number of benzene rings is 2. The Morgan fingerprint density at radius 2 is 1.76 bits per heavy atom. The molecule has 1 aliphatic carbocycles. The molecule has 0 aliphatic heterocycles. The minimum Gasteiger partial charge on any atom is -0.493 e. The summed E-state index contributed by atoms with van der Waals surface area (Å²) in [6.45, 7) is 4.45. The van der Waals surface area contributed by atoms with E-state index in [2.05, 4.69) is 5.32 Å². The van der Waals surface area contributed by atoms with Crippen LogP contribution in [0.3, 0.4) is 0 Å². The number of methoxy groups -OCH3 is 2. The molecule has 3 rings (SSSR count). The van der Waals surface area contributed by atoms with Gasteiger partial charge in [0, 0.05) is 19.0 Å². The summed E-state index contributed by atoms with van der Waals surface area (Å²) in [6, 6.07) is 13.5. The maximum atomic E-state index is 13.5.